The molecule has 0 saturated heterocycles. The Hall–Kier alpha value is -1.51. The van der Waals surface area contributed by atoms with E-state index in [2.05, 4.69) is 19.4 Å². The number of hydrogen-bond acceptors (Lipinski definition) is 6. The van der Waals surface area contributed by atoms with Crippen LogP contribution in [0.4, 0.5) is 5.13 Å². The van der Waals surface area contributed by atoms with E-state index in [1.165, 1.54) is 12.8 Å². The summed E-state index contributed by atoms with van der Waals surface area (Å²) in [6, 6.07) is 7.51. The first kappa shape index (κ1) is 14.4. The van der Waals surface area contributed by atoms with E-state index in [-0.39, 0.29) is 10.0 Å². The van der Waals surface area contributed by atoms with Crippen molar-refractivity contribution in [1.82, 2.24) is 14.7 Å². The predicted octanol–water partition coefficient (Wildman–Crippen LogP) is 1.90. The van der Waals surface area contributed by atoms with Gasteiger partial charge >= 0.3 is 0 Å². The second-order valence-electron chi connectivity index (χ2n) is 5.05. The number of aromatic nitrogens is 2. The SMILES string of the molecule is Cc1nsc(NS(=O)(=O)c2ccc(CNC3CC3)cc2)n1. The average Bonchev–Trinajstić information content (AvgIpc) is 3.20. The second-order valence-corrected chi connectivity index (χ2v) is 7.49. The molecule has 0 amide bonds. The zero-order valence-corrected chi connectivity index (χ0v) is 13.2. The van der Waals surface area contributed by atoms with Crippen molar-refractivity contribution < 1.29 is 8.42 Å². The van der Waals surface area contributed by atoms with E-state index in [0.29, 0.717) is 11.9 Å². The molecule has 1 aliphatic carbocycles. The minimum atomic E-state index is -3.60. The molecule has 1 heterocycles. The lowest BCUT2D eigenvalue weighted by Crippen LogP contribution is -2.16. The van der Waals surface area contributed by atoms with Crippen LogP contribution in [0.5, 0.6) is 0 Å². The molecule has 1 saturated carbocycles. The van der Waals surface area contributed by atoms with E-state index >= 15 is 0 Å². The van der Waals surface area contributed by atoms with Crippen LogP contribution in [-0.4, -0.2) is 23.8 Å². The van der Waals surface area contributed by atoms with Gasteiger partial charge < -0.3 is 5.32 Å². The highest BCUT2D eigenvalue weighted by Gasteiger charge is 2.20. The van der Waals surface area contributed by atoms with Gasteiger partial charge in [-0.1, -0.05) is 12.1 Å². The molecule has 1 aromatic carbocycles. The third-order valence-electron chi connectivity index (χ3n) is 3.16. The molecule has 6 nitrogen and oxygen atoms in total. The van der Waals surface area contributed by atoms with E-state index in [9.17, 15) is 8.42 Å². The number of hydrogen-bond donors (Lipinski definition) is 2. The van der Waals surface area contributed by atoms with Gasteiger partial charge in [0, 0.05) is 24.1 Å². The second kappa shape index (κ2) is 5.70. The molecule has 0 unspecified atom stereocenters. The fraction of sp³-hybridized carbons (Fsp3) is 0.385. The van der Waals surface area contributed by atoms with Crippen LogP contribution in [0.3, 0.4) is 0 Å². The van der Waals surface area contributed by atoms with Crippen LogP contribution >= 0.6 is 11.5 Å². The Morgan fingerprint density at radius 3 is 2.57 bits per heavy atom. The monoisotopic (exact) mass is 324 g/mol. The maximum atomic E-state index is 12.2. The highest BCUT2D eigenvalue weighted by Crippen LogP contribution is 2.20. The number of benzene rings is 1. The number of rotatable bonds is 6. The Kier molecular flexibility index (Phi) is 3.92. The number of sulfonamides is 1. The molecule has 21 heavy (non-hydrogen) atoms. The van der Waals surface area contributed by atoms with Gasteiger partial charge in [0.2, 0.25) is 5.13 Å². The van der Waals surface area contributed by atoms with Crippen molar-refractivity contribution in [3.05, 3.63) is 35.7 Å². The van der Waals surface area contributed by atoms with Crippen molar-refractivity contribution >= 4 is 26.7 Å². The van der Waals surface area contributed by atoms with Gasteiger partial charge in [-0.25, -0.2) is 13.4 Å². The lowest BCUT2D eigenvalue weighted by Gasteiger charge is -2.07. The predicted molar refractivity (Wildman–Crippen MR) is 81.8 cm³/mol. The van der Waals surface area contributed by atoms with E-state index in [1.807, 2.05) is 12.1 Å². The molecular formula is C13H16N4O2S2. The number of nitrogens with zero attached hydrogens (tertiary/aromatic N) is 2. The molecular weight excluding hydrogens is 308 g/mol. The molecule has 1 aromatic heterocycles. The van der Waals surface area contributed by atoms with Crippen LogP contribution in [0.15, 0.2) is 29.2 Å². The lowest BCUT2D eigenvalue weighted by atomic mass is 10.2. The summed E-state index contributed by atoms with van der Waals surface area (Å²) in [5, 5.41) is 3.68. The summed E-state index contributed by atoms with van der Waals surface area (Å²) in [6.45, 7) is 2.49. The van der Waals surface area contributed by atoms with E-state index in [1.54, 1.807) is 19.1 Å². The molecule has 0 radical (unpaired) electrons. The quantitative estimate of drug-likeness (QED) is 0.848. The van der Waals surface area contributed by atoms with Gasteiger partial charge in [-0.15, -0.1) is 0 Å². The van der Waals surface area contributed by atoms with Crippen molar-refractivity contribution in [1.29, 1.82) is 0 Å². The summed E-state index contributed by atoms with van der Waals surface area (Å²) in [6.07, 6.45) is 2.47. The maximum Gasteiger partial charge on any atom is 0.263 e. The summed E-state index contributed by atoms with van der Waals surface area (Å²) in [4.78, 5) is 4.23. The van der Waals surface area contributed by atoms with E-state index in [4.69, 9.17) is 0 Å². The van der Waals surface area contributed by atoms with Crippen LogP contribution in [0.1, 0.15) is 24.2 Å². The Morgan fingerprint density at radius 1 is 1.29 bits per heavy atom. The van der Waals surface area contributed by atoms with Crippen LogP contribution in [0, 0.1) is 6.92 Å². The van der Waals surface area contributed by atoms with Gasteiger partial charge in [0.1, 0.15) is 5.82 Å². The fourth-order valence-electron chi connectivity index (χ4n) is 1.85. The van der Waals surface area contributed by atoms with Crippen molar-refractivity contribution in [2.75, 3.05) is 4.72 Å². The summed E-state index contributed by atoms with van der Waals surface area (Å²) >= 11 is 1.03. The minimum Gasteiger partial charge on any atom is -0.310 e. The highest BCUT2D eigenvalue weighted by atomic mass is 32.2. The largest absolute Gasteiger partial charge is 0.310 e. The Morgan fingerprint density at radius 2 is 2.00 bits per heavy atom. The zero-order chi connectivity index (χ0) is 14.9. The molecule has 0 atom stereocenters. The molecule has 0 spiro atoms. The molecule has 0 aliphatic heterocycles. The topological polar surface area (TPSA) is 84.0 Å². The number of anilines is 1. The Bertz CT molecular complexity index is 721. The lowest BCUT2D eigenvalue weighted by molar-refractivity contribution is 0.601. The molecule has 3 rings (SSSR count). The fourth-order valence-corrected chi connectivity index (χ4v) is 3.65. The highest BCUT2D eigenvalue weighted by molar-refractivity contribution is 7.93. The number of aryl methyl sites for hydroxylation is 1. The van der Waals surface area contributed by atoms with Crippen molar-refractivity contribution in [3.8, 4) is 0 Å². The molecule has 112 valence electrons. The van der Waals surface area contributed by atoms with Crippen LogP contribution in [0.2, 0.25) is 0 Å². The zero-order valence-electron chi connectivity index (χ0n) is 11.5. The molecule has 0 bridgehead atoms. The summed E-state index contributed by atoms with van der Waals surface area (Å²) in [5.74, 6) is 0.555. The summed E-state index contributed by atoms with van der Waals surface area (Å²) < 4.78 is 30.8. The molecule has 2 N–H and O–H groups in total. The average molecular weight is 324 g/mol. The standard InChI is InChI=1S/C13H16N4O2S2/c1-9-15-13(20-16-9)17-21(18,19)12-6-2-10(3-7-12)8-14-11-4-5-11/h2-3,6-7,11,14H,4-5,8H2,1H3,(H,15,16,17). The first-order valence-electron chi connectivity index (χ1n) is 6.68. The smallest absolute Gasteiger partial charge is 0.263 e. The maximum absolute atomic E-state index is 12.2. The number of nitrogens with one attached hydrogen (secondary N) is 2. The first-order chi connectivity index (χ1) is 10.0. The summed E-state index contributed by atoms with van der Waals surface area (Å²) in [7, 11) is -3.60. The van der Waals surface area contributed by atoms with Crippen LogP contribution in [0.25, 0.3) is 0 Å². The third kappa shape index (κ3) is 3.78. The van der Waals surface area contributed by atoms with Crippen molar-refractivity contribution in [2.24, 2.45) is 0 Å². The van der Waals surface area contributed by atoms with Gasteiger partial charge in [-0.05, 0) is 37.5 Å². The molecule has 1 aliphatic rings. The Labute approximate surface area is 127 Å². The van der Waals surface area contributed by atoms with Gasteiger partial charge in [-0.3, -0.25) is 4.72 Å². The van der Waals surface area contributed by atoms with Crippen molar-refractivity contribution in [2.45, 2.75) is 37.2 Å². The summed E-state index contributed by atoms with van der Waals surface area (Å²) in [5.41, 5.74) is 1.08. The van der Waals surface area contributed by atoms with Gasteiger partial charge in [0.25, 0.3) is 10.0 Å². The first-order valence-corrected chi connectivity index (χ1v) is 8.94. The molecule has 2 aromatic rings. The van der Waals surface area contributed by atoms with E-state index in [0.717, 1.165) is 23.6 Å². The molecule has 1 fully saturated rings. The van der Waals surface area contributed by atoms with Gasteiger partial charge in [0.15, 0.2) is 0 Å². The van der Waals surface area contributed by atoms with Crippen LogP contribution in [-0.2, 0) is 16.6 Å². The van der Waals surface area contributed by atoms with E-state index < -0.39 is 10.0 Å². The normalized spacial score (nSPS) is 15.1. The molecule has 8 heteroatoms. The van der Waals surface area contributed by atoms with Gasteiger partial charge in [-0.2, -0.15) is 4.37 Å². The Balaban J connectivity index is 1.69. The van der Waals surface area contributed by atoms with Crippen molar-refractivity contribution in [3.63, 3.8) is 0 Å². The van der Waals surface area contributed by atoms with Gasteiger partial charge in [0.05, 0.1) is 4.90 Å². The van der Waals surface area contributed by atoms with Crippen LogP contribution < -0.4 is 10.0 Å². The third-order valence-corrected chi connectivity index (χ3v) is 5.36. The minimum absolute atomic E-state index is 0.227.